The second-order valence-corrected chi connectivity index (χ2v) is 7.40. The number of alkyl halides is 3. The van der Waals surface area contributed by atoms with Crippen molar-refractivity contribution < 1.29 is 4.79 Å². The third kappa shape index (κ3) is 4.01. The van der Waals surface area contributed by atoms with E-state index in [1.165, 1.54) is 0 Å². The zero-order chi connectivity index (χ0) is 14.8. The lowest BCUT2D eigenvalue weighted by Crippen LogP contribution is -2.54. The van der Waals surface area contributed by atoms with E-state index in [1.807, 2.05) is 24.0 Å². The van der Waals surface area contributed by atoms with Gasteiger partial charge in [0.05, 0.1) is 0 Å². The van der Waals surface area contributed by atoms with Gasteiger partial charge in [-0.1, -0.05) is 52.5 Å². The Morgan fingerprint density at radius 2 is 1.75 bits per heavy atom. The van der Waals surface area contributed by atoms with E-state index in [-0.39, 0.29) is 5.91 Å². The highest BCUT2D eigenvalue weighted by molar-refractivity contribution is 6.68. The predicted molar refractivity (Wildman–Crippen MR) is 83.5 cm³/mol. The average molecular weight is 336 g/mol. The fraction of sp³-hybridized carbons (Fsp3) is 0.500. The highest BCUT2D eigenvalue weighted by Crippen LogP contribution is 2.33. The summed E-state index contributed by atoms with van der Waals surface area (Å²) in [4.78, 5) is 14.3. The molecule has 20 heavy (non-hydrogen) atoms. The van der Waals surface area contributed by atoms with Crippen LogP contribution < -0.4 is 5.32 Å². The molecule has 0 spiro atoms. The zero-order valence-electron chi connectivity index (χ0n) is 11.2. The third-order valence-electron chi connectivity index (χ3n) is 3.40. The van der Waals surface area contributed by atoms with Crippen LogP contribution in [0.1, 0.15) is 28.8 Å². The second kappa shape index (κ2) is 6.52. The Labute approximate surface area is 134 Å². The molecule has 2 rings (SSSR count). The number of amides is 1. The van der Waals surface area contributed by atoms with Crippen LogP contribution in [0.25, 0.3) is 0 Å². The van der Waals surface area contributed by atoms with Gasteiger partial charge in [0, 0.05) is 18.7 Å². The Kier molecular flexibility index (Phi) is 5.19. The summed E-state index contributed by atoms with van der Waals surface area (Å²) in [6, 6.07) is 7.30. The highest BCUT2D eigenvalue weighted by atomic mass is 35.6. The van der Waals surface area contributed by atoms with Crippen LogP contribution in [0.5, 0.6) is 0 Å². The minimum absolute atomic E-state index is 0.228. The zero-order valence-corrected chi connectivity index (χ0v) is 13.5. The number of nitrogens with zero attached hydrogens (tertiary/aromatic N) is 1. The molecule has 1 fully saturated rings. The molecule has 1 N–H and O–H groups in total. The molecule has 1 aliphatic heterocycles. The first-order chi connectivity index (χ1) is 9.38. The fourth-order valence-electron chi connectivity index (χ4n) is 2.29. The molecule has 0 aliphatic carbocycles. The van der Waals surface area contributed by atoms with E-state index in [1.54, 1.807) is 12.1 Å². The molecular weight excluding hydrogens is 319 g/mol. The lowest BCUT2D eigenvalue weighted by Gasteiger charge is -2.33. The van der Waals surface area contributed by atoms with E-state index >= 15 is 0 Å². The lowest BCUT2D eigenvalue weighted by molar-refractivity contribution is 0.0874. The van der Waals surface area contributed by atoms with E-state index in [0.29, 0.717) is 5.56 Å². The van der Waals surface area contributed by atoms with Gasteiger partial charge in [-0.05, 0) is 31.9 Å². The number of carbonyl (C=O) groups is 1. The smallest absolute Gasteiger partial charge is 0.252 e. The highest BCUT2D eigenvalue weighted by Gasteiger charge is 2.39. The van der Waals surface area contributed by atoms with Gasteiger partial charge in [0.25, 0.3) is 5.91 Å². The molecule has 6 heteroatoms. The van der Waals surface area contributed by atoms with Crippen molar-refractivity contribution in [2.75, 3.05) is 13.1 Å². The number of nitrogens with one attached hydrogen (secondary N) is 1. The van der Waals surface area contributed by atoms with Gasteiger partial charge >= 0.3 is 0 Å². The van der Waals surface area contributed by atoms with Crippen LogP contribution in [0, 0.1) is 6.92 Å². The quantitative estimate of drug-likeness (QED) is 0.857. The molecular formula is C14H17Cl3N2O. The van der Waals surface area contributed by atoms with Gasteiger partial charge in [-0.2, -0.15) is 0 Å². The van der Waals surface area contributed by atoms with Gasteiger partial charge in [0.2, 0.25) is 3.79 Å². The van der Waals surface area contributed by atoms with Crippen molar-refractivity contribution in [2.45, 2.75) is 29.7 Å². The number of halogens is 3. The molecule has 0 radical (unpaired) electrons. The fourth-order valence-corrected chi connectivity index (χ4v) is 2.87. The maximum atomic E-state index is 12.3. The number of carbonyl (C=O) groups excluding carboxylic acids is 1. The molecule has 0 unspecified atom stereocenters. The van der Waals surface area contributed by atoms with Crippen molar-refractivity contribution in [3.8, 4) is 0 Å². The van der Waals surface area contributed by atoms with Gasteiger partial charge in [0.1, 0.15) is 6.17 Å². The number of rotatable bonds is 3. The van der Waals surface area contributed by atoms with Gasteiger partial charge in [-0.3, -0.25) is 9.69 Å². The summed E-state index contributed by atoms with van der Waals surface area (Å²) in [6.07, 6.45) is 1.50. The van der Waals surface area contributed by atoms with E-state index < -0.39 is 9.96 Å². The Morgan fingerprint density at radius 1 is 1.20 bits per heavy atom. The molecule has 1 heterocycles. The standard InChI is InChI=1S/C14H17Cl3N2O/c1-10-4-6-11(7-5-10)12(20)18-13(14(15,16)17)19-8-2-3-9-19/h4-7,13H,2-3,8-9H2,1H3,(H,18,20)/t13-/m1/s1. The maximum Gasteiger partial charge on any atom is 0.252 e. The molecule has 1 aliphatic rings. The summed E-state index contributed by atoms with van der Waals surface area (Å²) in [5, 5.41) is 2.83. The molecule has 1 aromatic carbocycles. The van der Waals surface area contributed by atoms with Crippen LogP contribution in [0.15, 0.2) is 24.3 Å². The van der Waals surface area contributed by atoms with Crippen LogP contribution in [0.2, 0.25) is 0 Å². The summed E-state index contributed by atoms with van der Waals surface area (Å²) in [7, 11) is 0. The molecule has 3 nitrogen and oxygen atoms in total. The first kappa shape index (κ1) is 15.9. The van der Waals surface area contributed by atoms with Crippen molar-refractivity contribution in [2.24, 2.45) is 0 Å². The predicted octanol–water partition coefficient (Wildman–Crippen LogP) is 3.52. The molecule has 1 atom stereocenters. The number of hydrogen-bond donors (Lipinski definition) is 1. The Bertz CT molecular complexity index is 464. The van der Waals surface area contributed by atoms with E-state index in [9.17, 15) is 4.79 Å². The first-order valence-corrected chi connectivity index (χ1v) is 7.69. The van der Waals surface area contributed by atoms with Crippen LogP contribution in [0.4, 0.5) is 0 Å². The van der Waals surface area contributed by atoms with Crippen molar-refractivity contribution >= 4 is 40.7 Å². The summed E-state index contributed by atoms with van der Waals surface area (Å²) in [5.41, 5.74) is 1.66. The summed E-state index contributed by atoms with van der Waals surface area (Å²) >= 11 is 18.0. The van der Waals surface area contributed by atoms with Gasteiger partial charge in [-0.15, -0.1) is 0 Å². The van der Waals surface area contributed by atoms with Crippen molar-refractivity contribution in [1.29, 1.82) is 0 Å². The van der Waals surface area contributed by atoms with E-state index in [2.05, 4.69) is 5.32 Å². The number of hydrogen-bond acceptors (Lipinski definition) is 2. The molecule has 1 saturated heterocycles. The summed E-state index contributed by atoms with van der Waals surface area (Å²) in [5.74, 6) is -0.228. The second-order valence-electron chi connectivity index (χ2n) is 5.03. The van der Waals surface area contributed by atoms with Gasteiger partial charge < -0.3 is 5.32 Å². The maximum absolute atomic E-state index is 12.3. The number of likely N-dealkylation sites (tertiary alicyclic amines) is 1. The summed E-state index contributed by atoms with van der Waals surface area (Å²) < 4.78 is -1.55. The molecule has 0 bridgehead atoms. The topological polar surface area (TPSA) is 32.3 Å². The minimum Gasteiger partial charge on any atom is -0.332 e. The van der Waals surface area contributed by atoms with Crippen LogP contribution >= 0.6 is 34.8 Å². The van der Waals surface area contributed by atoms with E-state index in [0.717, 1.165) is 31.5 Å². The van der Waals surface area contributed by atoms with Gasteiger partial charge in [-0.25, -0.2) is 0 Å². The molecule has 0 aromatic heterocycles. The monoisotopic (exact) mass is 334 g/mol. The lowest BCUT2D eigenvalue weighted by atomic mass is 10.1. The van der Waals surface area contributed by atoms with Crippen molar-refractivity contribution in [1.82, 2.24) is 10.2 Å². The minimum atomic E-state index is -1.55. The largest absolute Gasteiger partial charge is 0.332 e. The van der Waals surface area contributed by atoms with Crippen molar-refractivity contribution in [3.05, 3.63) is 35.4 Å². The van der Waals surface area contributed by atoms with E-state index in [4.69, 9.17) is 34.8 Å². The molecule has 1 aromatic rings. The van der Waals surface area contributed by atoms with Gasteiger partial charge in [0.15, 0.2) is 0 Å². The Hall–Kier alpha value is -0.480. The summed E-state index contributed by atoms with van der Waals surface area (Å²) in [6.45, 7) is 3.62. The molecule has 110 valence electrons. The Morgan fingerprint density at radius 3 is 2.25 bits per heavy atom. The average Bonchev–Trinajstić information content (AvgIpc) is 2.88. The van der Waals surface area contributed by atoms with Crippen molar-refractivity contribution in [3.63, 3.8) is 0 Å². The van der Waals surface area contributed by atoms with Crippen LogP contribution in [-0.2, 0) is 0 Å². The first-order valence-electron chi connectivity index (χ1n) is 6.56. The SMILES string of the molecule is Cc1ccc(C(=O)N[C@H](N2CCCC2)C(Cl)(Cl)Cl)cc1. The van der Waals surface area contributed by atoms with Crippen LogP contribution in [0.3, 0.4) is 0 Å². The molecule has 1 amide bonds. The number of aryl methyl sites for hydroxylation is 1. The normalized spacial score (nSPS) is 18.0. The third-order valence-corrected chi connectivity index (χ3v) is 4.02. The Balaban J connectivity index is 2.11. The van der Waals surface area contributed by atoms with Crippen LogP contribution in [-0.4, -0.2) is 33.9 Å². The molecule has 0 saturated carbocycles. The number of benzene rings is 1.